The second-order valence-electron chi connectivity index (χ2n) is 7.17. The van der Waals surface area contributed by atoms with Gasteiger partial charge in [0.1, 0.15) is 5.82 Å². The minimum absolute atomic E-state index is 0.141. The Labute approximate surface area is 168 Å². The molecule has 1 fully saturated rings. The molecule has 2 aliphatic heterocycles. The van der Waals surface area contributed by atoms with Crippen molar-refractivity contribution < 1.29 is 14.3 Å². The third-order valence-electron chi connectivity index (χ3n) is 5.26. The van der Waals surface area contributed by atoms with Crippen molar-refractivity contribution in [2.75, 3.05) is 31.6 Å². The summed E-state index contributed by atoms with van der Waals surface area (Å²) in [5.41, 5.74) is 1.83. The Balaban J connectivity index is 1.28. The summed E-state index contributed by atoms with van der Waals surface area (Å²) in [5, 5.41) is 7.85. The lowest BCUT2D eigenvalue weighted by molar-refractivity contribution is 0.0642. The molecule has 148 valence electrons. The van der Waals surface area contributed by atoms with Crippen LogP contribution >= 0.6 is 11.3 Å². The van der Waals surface area contributed by atoms with E-state index in [4.69, 9.17) is 4.74 Å². The smallest absolute Gasteiger partial charge is 0.323 e. The van der Waals surface area contributed by atoms with E-state index in [1.54, 1.807) is 28.4 Å². The van der Waals surface area contributed by atoms with Crippen LogP contribution in [0.1, 0.15) is 33.6 Å². The van der Waals surface area contributed by atoms with Crippen LogP contribution in [-0.2, 0) is 17.7 Å². The van der Waals surface area contributed by atoms with Crippen molar-refractivity contribution in [1.29, 1.82) is 0 Å². The van der Waals surface area contributed by atoms with Crippen molar-refractivity contribution in [3.05, 3.63) is 45.8 Å². The predicted molar refractivity (Wildman–Crippen MR) is 108 cm³/mol. The summed E-state index contributed by atoms with van der Waals surface area (Å²) in [6.45, 7) is 3.51. The molecule has 0 atom stereocenters. The number of urea groups is 1. The van der Waals surface area contributed by atoms with Crippen LogP contribution in [-0.4, -0.2) is 48.1 Å². The molecule has 0 radical (unpaired) electrons. The zero-order valence-electron chi connectivity index (χ0n) is 15.6. The third kappa shape index (κ3) is 4.51. The van der Waals surface area contributed by atoms with Gasteiger partial charge >= 0.3 is 6.03 Å². The Hall–Kier alpha value is -2.45. The van der Waals surface area contributed by atoms with E-state index in [0.29, 0.717) is 36.9 Å². The van der Waals surface area contributed by atoms with Crippen LogP contribution in [0.2, 0.25) is 0 Å². The van der Waals surface area contributed by atoms with Gasteiger partial charge in [-0.05, 0) is 54.3 Å². The molecule has 2 aromatic heterocycles. The number of rotatable bonds is 4. The maximum atomic E-state index is 12.5. The second-order valence-corrected chi connectivity index (χ2v) is 8.17. The summed E-state index contributed by atoms with van der Waals surface area (Å²) in [7, 11) is 0. The van der Waals surface area contributed by atoms with Crippen molar-refractivity contribution in [3.8, 4) is 0 Å². The number of thiophene rings is 1. The molecule has 0 aromatic carbocycles. The molecule has 3 amide bonds. The highest BCUT2D eigenvalue weighted by Gasteiger charge is 2.22. The van der Waals surface area contributed by atoms with Gasteiger partial charge in [-0.25, -0.2) is 9.78 Å². The van der Waals surface area contributed by atoms with E-state index < -0.39 is 0 Å². The summed E-state index contributed by atoms with van der Waals surface area (Å²) in [6, 6.07) is 5.32. The monoisotopic (exact) mass is 400 g/mol. The quantitative estimate of drug-likeness (QED) is 0.827. The molecule has 0 aliphatic carbocycles. The number of hydrogen-bond acceptors (Lipinski definition) is 5. The summed E-state index contributed by atoms with van der Waals surface area (Å²) < 4.78 is 5.33. The SMILES string of the molecule is O=C(NCC1CCOCC1)c1ccc(NC(=O)N2CCc3ccsc3C2)nc1. The van der Waals surface area contributed by atoms with Crippen molar-refractivity contribution >= 4 is 29.1 Å². The van der Waals surface area contributed by atoms with Crippen LogP contribution in [0.4, 0.5) is 10.6 Å². The van der Waals surface area contributed by atoms with Crippen molar-refractivity contribution in [2.24, 2.45) is 5.92 Å². The average molecular weight is 401 g/mol. The number of amides is 3. The Morgan fingerprint density at radius 2 is 2.11 bits per heavy atom. The zero-order valence-corrected chi connectivity index (χ0v) is 16.5. The van der Waals surface area contributed by atoms with E-state index in [0.717, 1.165) is 32.5 Å². The molecule has 7 nitrogen and oxygen atoms in total. The Bertz CT molecular complexity index is 830. The molecule has 2 aliphatic rings. The maximum absolute atomic E-state index is 12.5. The van der Waals surface area contributed by atoms with Crippen molar-refractivity contribution in [1.82, 2.24) is 15.2 Å². The van der Waals surface area contributed by atoms with Crippen LogP contribution in [0.25, 0.3) is 0 Å². The number of hydrogen-bond donors (Lipinski definition) is 2. The number of nitrogens with zero attached hydrogens (tertiary/aromatic N) is 2. The lowest BCUT2D eigenvalue weighted by Gasteiger charge is -2.26. The minimum Gasteiger partial charge on any atom is -0.381 e. The highest BCUT2D eigenvalue weighted by atomic mass is 32.1. The summed E-state index contributed by atoms with van der Waals surface area (Å²) in [6.07, 6.45) is 4.34. The van der Waals surface area contributed by atoms with Crippen LogP contribution < -0.4 is 10.6 Å². The lowest BCUT2D eigenvalue weighted by Crippen LogP contribution is -2.38. The van der Waals surface area contributed by atoms with Crippen LogP contribution in [0.15, 0.2) is 29.8 Å². The fraction of sp³-hybridized carbons (Fsp3) is 0.450. The molecule has 2 N–H and O–H groups in total. The standard InChI is InChI=1S/C20H24N4O3S/c25-19(22-11-14-4-8-27-9-5-14)16-1-2-18(21-12-16)23-20(26)24-7-3-15-6-10-28-17(15)13-24/h1-2,6,10,12,14H,3-5,7-9,11,13H2,(H,22,25)(H,21,23,26). The minimum atomic E-state index is -0.164. The number of carbonyl (C=O) groups excluding carboxylic acids is 2. The molecule has 2 aromatic rings. The van der Waals surface area contributed by atoms with Crippen molar-refractivity contribution in [3.63, 3.8) is 0 Å². The first-order chi connectivity index (χ1) is 13.7. The Morgan fingerprint density at radius 3 is 2.89 bits per heavy atom. The molecule has 0 spiro atoms. The lowest BCUT2D eigenvalue weighted by atomic mass is 10.0. The highest BCUT2D eigenvalue weighted by molar-refractivity contribution is 7.10. The molecule has 28 heavy (non-hydrogen) atoms. The number of carbonyl (C=O) groups is 2. The van der Waals surface area contributed by atoms with Gasteiger partial charge in [0.25, 0.3) is 5.91 Å². The Morgan fingerprint density at radius 1 is 1.25 bits per heavy atom. The number of fused-ring (bicyclic) bond motifs is 1. The van der Waals surface area contributed by atoms with Crippen LogP contribution in [0, 0.1) is 5.92 Å². The molecule has 8 heteroatoms. The molecule has 1 saturated heterocycles. The predicted octanol–water partition coefficient (Wildman–Crippen LogP) is 2.89. The van der Waals surface area contributed by atoms with E-state index >= 15 is 0 Å². The number of pyridine rings is 1. The maximum Gasteiger partial charge on any atom is 0.323 e. The first kappa shape index (κ1) is 18.9. The summed E-state index contributed by atoms with van der Waals surface area (Å²) in [5.74, 6) is 0.777. The molecular weight excluding hydrogens is 376 g/mol. The average Bonchev–Trinajstić information content (AvgIpc) is 3.21. The van der Waals surface area contributed by atoms with Gasteiger partial charge in [0.2, 0.25) is 0 Å². The van der Waals surface area contributed by atoms with Gasteiger partial charge in [-0.2, -0.15) is 0 Å². The van der Waals surface area contributed by atoms with E-state index in [9.17, 15) is 9.59 Å². The van der Waals surface area contributed by atoms with Gasteiger partial charge in [0, 0.05) is 37.4 Å². The van der Waals surface area contributed by atoms with Crippen LogP contribution in [0.3, 0.4) is 0 Å². The fourth-order valence-corrected chi connectivity index (χ4v) is 4.44. The molecule has 4 rings (SSSR count). The topological polar surface area (TPSA) is 83.6 Å². The van der Waals surface area contributed by atoms with Gasteiger partial charge in [0.15, 0.2) is 0 Å². The van der Waals surface area contributed by atoms with Gasteiger partial charge in [-0.15, -0.1) is 11.3 Å². The third-order valence-corrected chi connectivity index (χ3v) is 6.21. The number of anilines is 1. The molecule has 0 saturated carbocycles. The first-order valence-corrected chi connectivity index (χ1v) is 10.5. The normalized spacial score (nSPS) is 17.1. The number of ether oxygens (including phenoxy) is 1. The van der Waals surface area contributed by atoms with E-state index in [-0.39, 0.29) is 11.9 Å². The largest absolute Gasteiger partial charge is 0.381 e. The molecule has 0 bridgehead atoms. The number of aromatic nitrogens is 1. The van der Waals surface area contributed by atoms with Gasteiger partial charge in [-0.1, -0.05) is 0 Å². The van der Waals surface area contributed by atoms with Gasteiger partial charge in [0.05, 0.1) is 12.1 Å². The Kier molecular flexibility index (Phi) is 5.87. The van der Waals surface area contributed by atoms with Crippen molar-refractivity contribution in [2.45, 2.75) is 25.8 Å². The highest BCUT2D eigenvalue weighted by Crippen LogP contribution is 2.24. The summed E-state index contributed by atoms with van der Waals surface area (Å²) in [4.78, 5) is 32.0. The van der Waals surface area contributed by atoms with Crippen LogP contribution in [0.5, 0.6) is 0 Å². The zero-order chi connectivity index (χ0) is 19.3. The molecule has 4 heterocycles. The van der Waals surface area contributed by atoms with E-state index in [2.05, 4.69) is 27.1 Å². The first-order valence-electron chi connectivity index (χ1n) is 9.62. The fourth-order valence-electron chi connectivity index (χ4n) is 3.49. The van der Waals surface area contributed by atoms with Gasteiger partial charge in [-0.3, -0.25) is 10.1 Å². The molecular formula is C20H24N4O3S. The van der Waals surface area contributed by atoms with E-state index in [1.165, 1.54) is 16.6 Å². The van der Waals surface area contributed by atoms with Gasteiger partial charge < -0.3 is 15.0 Å². The van der Waals surface area contributed by atoms with E-state index in [1.807, 2.05) is 0 Å². The molecule has 0 unspecified atom stereocenters. The second kappa shape index (κ2) is 8.70. The summed E-state index contributed by atoms with van der Waals surface area (Å²) >= 11 is 1.68. The number of nitrogens with one attached hydrogen (secondary N) is 2.